The number of allylic oxidation sites excluding steroid dienone is 1. The number of anilines is 1. The molecular formula is C19H21F3N4. The zero-order chi connectivity index (χ0) is 19.2. The van der Waals surface area contributed by atoms with E-state index in [0.717, 1.165) is 18.3 Å². The van der Waals surface area contributed by atoms with Gasteiger partial charge in [0.05, 0.1) is 11.4 Å². The summed E-state index contributed by atoms with van der Waals surface area (Å²) < 4.78 is 40.4. The summed E-state index contributed by atoms with van der Waals surface area (Å²) in [4.78, 5) is 5.73. The molecule has 0 spiro atoms. The fourth-order valence-electron chi connectivity index (χ4n) is 2.30. The first-order valence-corrected chi connectivity index (χ1v) is 7.93. The van der Waals surface area contributed by atoms with Crippen molar-refractivity contribution in [1.82, 2.24) is 4.90 Å². The van der Waals surface area contributed by atoms with Crippen LogP contribution in [0.2, 0.25) is 0 Å². The third-order valence-electron chi connectivity index (χ3n) is 3.42. The maximum Gasteiger partial charge on any atom is 0.435 e. The molecule has 0 aromatic heterocycles. The highest BCUT2D eigenvalue weighted by Gasteiger charge is 2.38. The highest BCUT2D eigenvalue weighted by atomic mass is 19.4. The van der Waals surface area contributed by atoms with Crippen molar-refractivity contribution in [1.29, 1.82) is 0 Å². The van der Waals surface area contributed by atoms with Crippen molar-refractivity contribution < 1.29 is 13.2 Å². The van der Waals surface area contributed by atoms with Crippen LogP contribution in [-0.2, 0) is 6.54 Å². The van der Waals surface area contributed by atoms with Crippen LogP contribution in [0.4, 0.5) is 24.5 Å². The second kappa shape index (κ2) is 8.53. The average molecular weight is 362 g/mol. The Kier molecular flexibility index (Phi) is 6.41. The highest BCUT2D eigenvalue weighted by Crippen LogP contribution is 2.26. The highest BCUT2D eigenvalue weighted by molar-refractivity contribution is 6.07. The second-order valence-corrected chi connectivity index (χ2v) is 5.93. The monoisotopic (exact) mass is 362 g/mol. The molecule has 4 nitrogen and oxygen atoms in total. The minimum absolute atomic E-state index is 0.197. The summed E-state index contributed by atoms with van der Waals surface area (Å²) in [6, 6.07) is 15.0. The summed E-state index contributed by atoms with van der Waals surface area (Å²) in [5, 5.41) is 2.71. The number of nitrogens with two attached hydrogens (primary N) is 1. The lowest BCUT2D eigenvalue weighted by atomic mass is 10.2. The summed E-state index contributed by atoms with van der Waals surface area (Å²) in [5.41, 5.74) is 5.81. The molecule has 3 N–H and O–H groups in total. The molecule has 0 amide bonds. The summed E-state index contributed by atoms with van der Waals surface area (Å²) in [6.45, 7) is 0.739. The zero-order valence-corrected chi connectivity index (χ0v) is 14.6. The van der Waals surface area contributed by atoms with Gasteiger partial charge in [0.1, 0.15) is 0 Å². The Bertz CT molecular complexity index is 764. The smallest absolute Gasteiger partial charge is 0.403 e. The first-order valence-electron chi connectivity index (χ1n) is 7.93. The van der Waals surface area contributed by atoms with Crippen LogP contribution >= 0.6 is 0 Å². The van der Waals surface area contributed by atoms with Gasteiger partial charge in [-0.1, -0.05) is 30.3 Å². The lowest BCUT2D eigenvalue weighted by Crippen LogP contribution is -2.29. The first kappa shape index (κ1) is 19.5. The maximum atomic E-state index is 13.5. The number of hydrogen-bond donors (Lipinski definition) is 2. The molecule has 0 unspecified atom stereocenters. The lowest BCUT2D eigenvalue weighted by molar-refractivity contribution is -0.0581. The van der Waals surface area contributed by atoms with Gasteiger partial charge in [-0.2, -0.15) is 13.2 Å². The Hall–Kier alpha value is -2.80. The number of rotatable bonds is 6. The van der Waals surface area contributed by atoms with E-state index < -0.39 is 11.9 Å². The van der Waals surface area contributed by atoms with Crippen molar-refractivity contribution in [2.24, 2.45) is 10.7 Å². The molecule has 138 valence electrons. The zero-order valence-electron chi connectivity index (χ0n) is 14.6. The van der Waals surface area contributed by atoms with Gasteiger partial charge in [-0.25, -0.2) is 4.99 Å². The number of hydrogen-bond acceptors (Lipinski definition) is 4. The molecule has 0 atom stereocenters. The third-order valence-corrected chi connectivity index (χ3v) is 3.42. The largest absolute Gasteiger partial charge is 0.435 e. The number of benzene rings is 2. The summed E-state index contributed by atoms with van der Waals surface area (Å²) in [5.74, 6) is 0. The van der Waals surface area contributed by atoms with Gasteiger partial charge < -0.3 is 16.0 Å². The quantitative estimate of drug-likeness (QED) is 0.754. The topological polar surface area (TPSA) is 53.6 Å². The van der Waals surface area contributed by atoms with Crippen molar-refractivity contribution in [3.8, 4) is 0 Å². The average Bonchev–Trinajstić information content (AvgIpc) is 2.59. The van der Waals surface area contributed by atoms with E-state index >= 15 is 0 Å². The number of nitrogens with zero attached hydrogens (tertiary/aromatic N) is 2. The molecule has 2 rings (SSSR count). The fraction of sp³-hybridized carbons (Fsp3) is 0.211. The van der Waals surface area contributed by atoms with Crippen LogP contribution in [0.1, 0.15) is 5.56 Å². The van der Waals surface area contributed by atoms with E-state index in [2.05, 4.69) is 10.3 Å². The first-order chi connectivity index (χ1) is 12.3. The predicted octanol–water partition coefficient (Wildman–Crippen LogP) is 4.30. The van der Waals surface area contributed by atoms with Crippen LogP contribution in [0, 0.1) is 0 Å². The molecule has 0 bridgehead atoms. The minimum Gasteiger partial charge on any atom is -0.403 e. The summed E-state index contributed by atoms with van der Waals surface area (Å²) in [7, 11) is 3.88. The van der Waals surface area contributed by atoms with Crippen molar-refractivity contribution >= 4 is 17.1 Å². The van der Waals surface area contributed by atoms with Crippen LogP contribution in [0.5, 0.6) is 0 Å². The van der Waals surface area contributed by atoms with E-state index in [1.165, 1.54) is 12.1 Å². The van der Waals surface area contributed by atoms with E-state index in [0.29, 0.717) is 5.69 Å². The van der Waals surface area contributed by atoms with Gasteiger partial charge in [-0.3, -0.25) is 0 Å². The van der Waals surface area contributed by atoms with Gasteiger partial charge in [0.2, 0.25) is 0 Å². The van der Waals surface area contributed by atoms with E-state index in [1.807, 2.05) is 31.1 Å². The van der Waals surface area contributed by atoms with Crippen LogP contribution in [0.15, 0.2) is 71.5 Å². The van der Waals surface area contributed by atoms with Crippen molar-refractivity contribution in [3.63, 3.8) is 0 Å². The fourth-order valence-corrected chi connectivity index (χ4v) is 2.30. The molecule has 0 aliphatic heterocycles. The van der Waals surface area contributed by atoms with Gasteiger partial charge in [-0.15, -0.1) is 0 Å². The van der Waals surface area contributed by atoms with Gasteiger partial charge >= 0.3 is 6.18 Å². The Labute approximate surface area is 150 Å². The Balaban J connectivity index is 2.28. The molecule has 0 fully saturated rings. The normalized spacial score (nSPS) is 13.2. The van der Waals surface area contributed by atoms with Gasteiger partial charge in [0.25, 0.3) is 0 Å². The molecule has 2 aromatic carbocycles. The van der Waals surface area contributed by atoms with Crippen molar-refractivity contribution in [3.05, 3.63) is 72.1 Å². The molecule has 26 heavy (non-hydrogen) atoms. The second-order valence-electron chi connectivity index (χ2n) is 5.93. The van der Waals surface area contributed by atoms with E-state index in [1.54, 1.807) is 30.3 Å². The van der Waals surface area contributed by atoms with E-state index in [-0.39, 0.29) is 11.4 Å². The predicted molar refractivity (Wildman–Crippen MR) is 99.3 cm³/mol. The Morgan fingerprint density at radius 1 is 1.08 bits per heavy atom. The lowest BCUT2D eigenvalue weighted by Gasteiger charge is -2.16. The third kappa shape index (κ3) is 5.63. The number of aliphatic imine (C=N–C) groups is 1. The number of alkyl halides is 3. The summed E-state index contributed by atoms with van der Waals surface area (Å²) in [6.07, 6.45) is -3.78. The van der Waals surface area contributed by atoms with Gasteiger partial charge in [0, 0.05) is 18.4 Å². The molecule has 0 radical (unpaired) electrons. The van der Waals surface area contributed by atoms with Gasteiger partial charge in [-0.05, 0) is 43.9 Å². The molecule has 2 aromatic rings. The Morgan fingerprint density at radius 2 is 1.69 bits per heavy atom. The van der Waals surface area contributed by atoms with Crippen molar-refractivity contribution in [2.75, 3.05) is 19.4 Å². The number of nitrogens with one attached hydrogen (secondary N) is 1. The van der Waals surface area contributed by atoms with E-state index in [9.17, 15) is 13.2 Å². The molecule has 0 aliphatic carbocycles. The van der Waals surface area contributed by atoms with Crippen LogP contribution < -0.4 is 11.1 Å². The van der Waals surface area contributed by atoms with Crippen LogP contribution in [-0.4, -0.2) is 30.9 Å². The molecular weight excluding hydrogens is 341 g/mol. The molecule has 0 saturated heterocycles. The maximum absolute atomic E-state index is 13.5. The van der Waals surface area contributed by atoms with Gasteiger partial charge in [0.15, 0.2) is 5.71 Å². The molecule has 0 aliphatic rings. The number of para-hydroxylation sites is 1. The molecule has 7 heteroatoms. The minimum atomic E-state index is -4.65. The van der Waals surface area contributed by atoms with Crippen LogP contribution in [0.25, 0.3) is 0 Å². The number of halogens is 3. The molecule has 0 heterocycles. The Morgan fingerprint density at radius 3 is 2.19 bits per heavy atom. The SMILES string of the molecule is CN(C)Cc1ccc(N/C(=C/N)C(=Nc2ccccc2)C(F)(F)F)cc1. The summed E-state index contributed by atoms with van der Waals surface area (Å²) >= 11 is 0. The van der Waals surface area contributed by atoms with Crippen LogP contribution in [0.3, 0.4) is 0 Å². The molecule has 0 saturated carbocycles. The van der Waals surface area contributed by atoms with Crippen molar-refractivity contribution in [2.45, 2.75) is 12.7 Å². The van der Waals surface area contributed by atoms with E-state index in [4.69, 9.17) is 5.73 Å². The standard InChI is InChI=1S/C19H21F3N4/c1-26(2)13-14-8-10-16(11-9-14)24-17(12-23)18(19(20,21)22)25-15-6-4-3-5-7-15/h3-12,24H,13,23H2,1-2H3/b17-12+,25-18?.